The summed E-state index contributed by atoms with van der Waals surface area (Å²) >= 11 is 0. The highest BCUT2D eigenvalue weighted by atomic mass is 127. The topological polar surface area (TPSA) is 70.4 Å². The van der Waals surface area contributed by atoms with Crippen molar-refractivity contribution in [2.45, 2.75) is 26.1 Å². The van der Waals surface area contributed by atoms with Crippen LogP contribution in [0.2, 0.25) is 0 Å². The molecule has 0 aliphatic carbocycles. The van der Waals surface area contributed by atoms with Crippen molar-refractivity contribution in [3.63, 3.8) is 0 Å². The lowest BCUT2D eigenvalue weighted by atomic mass is 10.1. The van der Waals surface area contributed by atoms with Crippen LogP contribution in [-0.2, 0) is 13.6 Å². The van der Waals surface area contributed by atoms with Gasteiger partial charge in [-0.15, -0.1) is 24.0 Å². The van der Waals surface area contributed by atoms with Gasteiger partial charge >= 0.3 is 6.18 Å². The van der Waals surface area contributed by atoms with Gasteiger partial charge in [-0.2, -0.15) is 18.3 Å². The van der Waals surface area contributed by atoms with Crippen molar-refractivity contribution in [2.24, 2.45) is 18.0 Å². The van der Waals surface area contributed by atoms with Gasteiger partial charge in [0.2, 0.25) is 0 Å². The molecule has 0 aromatic carbocycles. The first-order valence-corrected chi connectivity index (χ1v) is 8.01. The maximum atomic E-state index is 12.4. The molecule has 0 amide bonds. The summed E-state index contributed by atoms with van der Waals surface area (Å²) in [6, 6.07) is 0. The van der Waals surface area contributed by atoms with E-state index in [0.717, 1.165) is 12.2 Å². The zero-order chi connectivity index (χ0) is 17.6. The van der Waals surface area contributed by atoms with Gasteiger partial charge < -0.3 is 10.6 Å². The molecule has 1 unspecified atom stereocenters. The summed E-state index contributed by atoms with van der Waals surface area (Å²) in [5.41, 5.74) is 0. The summed E-state index contributed by atoms with van der Waals surface area (Å²) in [6.07, 6.45) is -1.90. The lowest BCUT2D eigenvalue weighted by Crippen LogP contribution is -2.40. The van der Waals surface area contributed by atoms with Gasteiger partial charge in [0.1, 0.15) is 18.7 Å². The molecule has 1 atom stereocenters. The number of alkyl halides is 3. The Morgan fingerprint density at radius 2 is 2.16 bits per heavy atom. The van der Waals surface area contributed by atoms with Crippen LogP contribution in [0.4, 0.5) is 13.2 Å². The third-order valence-corrected chi connectivity index (χ3v) is 3.86. The Labute approximate surface area is 162 Å². The van der Waals surface area contributed by atoms with E-state index in [2.05, 4.69) is 25.7 Å². The van der Waals surface area contributed by atoms with Crippen LogP contribution < -0.4 is 10.6 Å². The molecule has 2 rings (SSSR count). The van der Waals surface area contributed by atoms with Gasteiger partial charge in [0, 0.05) is 26.7 Å². The van der Waals surface area contributed by atoms with Gasteiger partial charge in [-0.1, -0.05) is 0 Å². The largest absolute Gasteiger partial charge is 0.401 e. The Morgan fingerprint density at radius 3 is 2.76 bits per heavy atom. The van der Waals surface area contributed by atoms with Gasteiger partial charge in [-0.05, 0) is 25.8 Å². The number of nitrogens with one attached hydrogen (secondary N) is 2. The molecule has 7 nitrogen and oxygen atoms in total. The monoisotopic (exact) mass is 475 g/mol. The van der Waals surface area contributed by atoms with Crippen LogP contribution in [0.3, 0.4) is 0 Å². The van der Waals surface area contributed by atoms with Crippen molar-refractivity contribution in [3.05, 3.63) is 12.2 Å². The zero-order valence-electron chi connectivity index (χ0n) is 14.4. The summed E-state index contributed by atoms with van der Waals surface area (Å²) in [5, 5.41) is 10.3. The van der Waals surface area contributed by atoms with Crippen LogP contribution in [0.1, 0.15) is 19.2 Å². The number of likely N-dealkylation sites (tertiary alicyclic amines) is 1. The summed E-state index contributed by atoms with van der Waals surface area (Å²) in [6.45, 7) is 3.75. The Balaban J connectivity index is 0.00000312. The van der Waals surface area contributed by atoms with Gasteiger partial charge in [0.05, 0.1) is 6.54 Å². The predicted octanol–water partition coefficient (Wildman–Crippen LogP) is 1.37. The van der Waals surface area contributed by atoms with Crippen molar-refractivity contribution in [1.82, 2.24) is 30.3 Å². The number of aryl methyl sites for hydroxylation is 1. The number of hydrogen-bond donors (Lipinski definition) is 2. The van der Waals surface area contributed by atoms with E-state index in [9.17, 15) is 13.2 Å². The fourth-order valence-electron chi connectivity index (χ4n) is 2.67. The second kappa shape index (κ2) is 10.1. The normalized spacial score (nSPS) is 18.9. The number of nitrogens with zero attached hydrogens (tertiary/aromatic N) is 5. The van der Waals surface area contributed by atoms with E-state index in [4.69, 9.17) is 0 Å². The molecule has 11 heteroatoms. The van der Waals surface area contributed by atoms with Gasteiger partial charge in [-0.25, -0.2) is 9.98 Å². The molecule has 1 aromatic rings. The second-order valence-corrected chi connectivity index (χ2v) is 5.88. The fourth-order valence-corrected chi connectivity index (χ4v) is 2.67. The van der Waals surface area contributed by atoms with Gasteiger partial charge in [0.15, 0.2) is 5.96 Å². The minimum absolute atomic E-state index is 0. The molecule has 144 valence electrons. The van der Waals surface area contributed by atoms with Crippen molar-refractivity contribution >= 4 is 29.9 Å². The second-order valence-electron chi connectivity index (χ2n) is 5.88. The van der Waals surface area contributed by atoms with Crippen LogP contribution in [0.5, 0.6) is 0 Å². The molecule has 1 aliphatic heterocycles. The lowest BCUT2D eigenvalue weighted by Gasteiger charge is -2.18. The average Bonchev–Trinajstić information content (AvgIpc) is 3.09. The van der Waals surface area contributed by atoms with Crippen LogP contribution in [-0.4, -0.2) is 64.5 Å². The van der Waals surface area contributed by atoms with Crippen molar-refractivity contribution in [3.8, 4) is 0 Å². The van der Waals surface area contributed by atoms with Crippen molar-refractivity contribution in [2.75, 3.05) is 32.7 Å². The van der Waals surface area contributed by atoms with Crippen LogP contribution in [0.15, 0.2) is 11.3 Å². The Hall–Kier alpha value is -1.11. The number of aliphatic imine (C=N–C) groups is 1. The van der Waals surface area contributed by atoms with Crippen LogP contribution >= 0.6 is 24.0 Å². The van der Waals surface area contributed by atoms with Gasteiger partial charge in [0.25, 0.3) is 0 Å². The first-order valence-electron chi connectivity index (χ1n) is 8.01. The SMILES string of the molecule is CCNC(=NCc1ncnn1C)NCC1CCN(CC(F)(F)F)C1.I. The van der Waals surface area contributed by atoms with E-state index in [0.29, 0.717) is 38.7 Å². The van der Waals surface area contributed by atoms with E-state index in [-0.39, 0.29) is 29.9 Å². The third kappa shape index (κ3) is 7.75. The number of aromatic nitrogens is 3. The van der Waals surface area contributed by atoms with Crippen molar-refractivity contribution < 1.29 is 13.2 Å². The first kappa shape index (κ1) is 21.9. The van der Waals surface area contributed by atoms with Gasteiger partial charge in [-0.3, -0.25) is 9.58 Å². The minimum Gasteiger partial charge on any atom is -0.357 e. The fraction of sp³-hybridized carbons (Fsp3) is 0.786. The van der Waals surface area contributed by atoms with E-state index < -0.39 is 12.7 Å². The van der Waals surface area contributed by atoms with Crippen LogP contribution in [0.25, 0.3) is 0 Å². The highest BCUT2D eigenvalue weighted by Gasteiger charge is 2.34. The molecule has 1 saturated heterocycles. The highest BCUT2D eigenvalue weighted by molar-refractivity contribution is 14.0. The Bertz CT molecular complexity index is 547. The molecular weight excluding hydrogens is 450 g/mol. The first-order chi connectivity index (χ1) is 11.4. The molecule has 0 saturated carbocycles. The number of hydrogen-bond acceptors (Lipinski definition) is 4. The molecule has 1 aromatic heterocycles. The molecule has 2 heterocycles. The quantitative estimate of drug-likeness (QED) is 0.370. The lowest BCUT2D eigenvalue weighted by molar-refractivity contribution is -0.143. The number of guanidine groups is 1. The van der Waals surface area contributed by atoms with E-state index in [1.54, 1.807) is 11.7 Å². The third-order valence-electron chi connectivity index (χ3n) is 3.86. The molecule has 0 spiro atoms. The molecule has 25 heavy (non-hydrogen) atoms. The molecule has 2 N–H and O–H groups in total. The smallest absolute Gasteiger partial charge is 0.357 e. The molecule has 0 radical (unpaired) electrons. The van der Waals surface area contributed by atoms with E-state index >= 15 is 0 Å². The molecule has 1 aliphatic rings. The predicted molar refractivity (Wildman–Crippen MR) is 99.8 cm³/mol. The highest BCUT2D eigenvalue weighted by Crippen LogP contribution is 2.22. The molecular formula is C14H25F3IN7. The minimum atomic E-state index is -4.13. The average molecular weight is 475 g/mol. The summed E-state index contributed by atoms with van der Waals surface area (Å²) in [5.74, 6) is 1.56. The standard InChI is InChI=1S/C14H24F3N7.HI/c1-3-18-13(20-7-12-21-10-22-23(12)2)19-6-11-4-5-24(8-11)9-14(15,16)17;/h10-11H,3-9H2,1-2H3,(H2,18,19,20);1H. The molecule has 0 bridgehead atoms. The number of rotatable bonds is 6. The Kier molecular flexibility index (Phi) is 8.89. The van der Waals surface area contributed by atoms with E-state index in [1.165, 1.54) is 11.2 Å². The number of halogens is 4. The maximum absolute atomic E-state index is 12.4. The zero-order valence-corrected chi connectivity index (χ0v) is 16.7. The Morgan fingerprint density at radius 1 is 1.40 bits per heavy atom. The van der Waals surface area contributed by atoms with E-state index in [1.807, 2.05) is 6.92 Å². The maximum Gasteiger partial charge on any atom is 0.401 e. The molecule has 1 fully saturated rings. The van der Waals surface area contributed by atoms with Crippen LogP contribution in [0, 0.1) is 5.92 Å². The summed E-state index contributed by atoms with van der Waals surface area (Å²) < 4.78 is 38.9. The summed E-state index contributed by atoms with van der Waals surface area (Å²) in [4.78, 5) is 9.99. The summed E-state index contributed by atoms with van der Waals surface area (Å²) in [7, 11) is 1.80. The van der Waals surface area contributed by atoms with Crippen molar-refractivity contribution in [1.29, 1.82) is 0 Å².